The number of rotatable bonds is 4. The zero-order valence-corrected chi connectivity index (χ0v) is 18.7. The summed E-state index contributed by atoms with van der Waals surface area (Å²) in [6.45, 7) is 6.95. The highest BCUT2D eigenvalue weighted by Gasteiger charge is 2.46. The van der Waals surface area contributed by atoms with E-state index in [2.05, 4.69) is 48.4 Å². The lowest BCUT2D eigenvalue weighted by Crippen LogP contribution is -2.35. The van der Waals surface area contributed by atoms with Gasteiger partial charge in [0.1, 0.15) is 6.04 Å². The summed E-state index contributed by atoms with van der Waals surface area (Å²) in [5.41, 5.74) is 5.42. The predicted molar refractivity (Wildman–Crippen MR) is 122 cm³/mol. The van der Waals surface area contributed by atoms with Crippen molar-refractivity contribution < 1.29 is 0 Å². The van der Waals surface area contributed by atoms with Crippen LogP contribution in [0.25, 0.3) is 0 Å². The number of hydrogen-bond acceptors (Lipinski definition) is 4. The summed E-state index contributed by atoms with van der Waals surface area (Å²) in [5, 5.41) is 1.22. The van der Waals surface area contributed by atoms with E-state index in [0.717, 1.165) is 11.4 Å². The molecule has 2 aliphatic heterocycles. The van der Waals surface area contributed by atoms with Gasteiger partial charge in [-0.05, 0) is 56.9 Å². The monoisotopic (exact) mass is 408 g/mol. The van der Waals surface area contributed by atoms with Gasteiger partial charge < -0.3 is 9.47 Å². The summed E-state index contributed by atoms with van der Waals surface area (Å²) in [5.74, 6) is 1.15. The van der Waals surface area contributed by atoms with Crippen LogP contribution in [-0.4, -0.2) is 31.4 Å². The fourth-order valence-electron chi connectivity index (χ4n) is 5.69. The Kier molecular flexibility index (Phi) is 5.19. The summed E-state index contributed by atoms with van der Waals surface area (Å²) in [6, 6.07) is 10.3. The van der Waals surface area contributed by atoms with E-state index in [9.17, 15) is 0 Å². The van der Waals surface area contributed by atoms with E-state index < -0.39 is 0 Å². The fraction of sp³-hybridized carbons (Fsp3) is 0.583. The van der Waals surface area contributed by atoms with Crippen molar-refractivity contribution in [2.45, 2.75) is 83.5 Å². The zero-order valence-electron chi connectivity index (χ0n) is 17.8. The molecular weight excluding hydrogens is 376 g/mol. The van der Waals surface area contributed by atoms with E-state index in [1.165, 1.54) is 60.6 Å². The smallest absolute Gasteiger partial charge is 0.160 e. The van der Waals surface area contributed by atoms with Crippen LogP contribution in [0.15, 0.2) is 35.5 Å². The minimum absolute atomic E-state index is 0.0911. The van der Waals surface area contributed by atoms with Gasteiger partial charge in [-0.1, -0.05) is 44.0 Å². The highest BCUT2D eigenvalue weighted by molar-refractivity contribution is 8.14. The van der Waals surface area contributed by atoms with Crippen molar-refractivity contribution in [3.8, 4) is 0 Å². The number of nitrogens with zero attached hydrogens (tertiary/aromatic N) is 4. The molecular formula is C24H32N4S. The van der Waals surface area contributed by atoms with Gasteiger partial charge >= 0.3 is 0 Å². The molecule has 4 heterocycles. The lowest BCUT2D eigenvalue weighted by atomic mass is 9.94. The molecule has 2 aromatic rings. The molecule has 4 nitrogen and oxygen atoms in total. The van der Waals surface area contributed by atoms with Crippen molar-refractivity contribution in [3.05, 3.63) is 53.1 Å². The number of aromatic nitrogens is 2. The minimum atomic E-state index is 0.0911. The SMILES string of the molecule is CC[C@@H]1CSC2=N[C@@H](c3ccccn3)[C@H](c3cc(C)n(C4CCCCC4)c3C)N21. The van der Waals surface area contributed by atoms with E-state index in [-0.39, 0.29) is 12.1 Å². The molecule has 0 spiro atoms. The largest absolute Gasteiger partial charge is 0.346 e. The van der Waals surface area contributed by atoms with E-state index in [4.69, 9.17) is 9.98 Å². The molecule has 5 rings (SSSR count). The Morgan fingerprint density at radius 3 is 2.69 bits per heavy atom. The van der Waals surface area contributed by atoms with Gasteiger partial charge in [-0.15, -0.1) is 0 Å². The fourth-order valence-corrected chi connectivity index (χ4v) is 7.03. The molecule has 2 aromatic heterocycles. The molecule has 0 aromatic carbocycles. The first-order chi connectivity index (χ1) is 14.2. The number of amidine groups is 1. The van der Waals surface area contributed by atoms with E-state index >= 15 is 0 Å². The molecule has 154 valence electrons. The molecule has 1 saturated carbocycles. The summed E-state index contributed by atoms with van der Waals surface area (Å²) < 4.78 is 2.64. The Balaban J connectivity index is 1.58. The lowest BCUT2D eigenvalue weighted by Gasteiger charge is -2.32. The van der Waals surface area contributed by atoms with Crippen LogP contribution in [0.4, 0.5) is 0 Å². The topological polar surface area (TPSA) is 33.4 Å². The standard InChI is InChI=1S/C24H32N4S/c1-4-18-15-29-24-26-22(21-12-8-9-13-25-21)23(28(18)24)20-14-16(2)27(17(20)3)19-10-6-5-7-11-19/h8-9,12-14,18-19,22-23H,4-7,10-11,15H2,1-3H3/t18-,22+,23+/m1/s1. The molecule has 0 amide bonds. The van der Waals surface area contributed by atoms with Crippen LogP contribution in [0.3, 0.4) is 0 Å². The molecule has 0 unspecified atom stereocenters. The second kappa shape index (κ2) is 7.82. The van der Waals surface area contributed by atoms with E-state index in [0.29, 0.717) is 12.1 Å². The van der Waals surface area contributed by atoms with Crippen molar-refractivity contribution in [3.63, 3.8) is 0 Å². The molecule has 2 fully saturated rings. The highest BCUT2D eigenvalue weighted by atomic mass is 32.2. The molecule has 29 heavy (non-hydrogen) atoms. The quantitative estimate of drug-likeness (QED) is 0.623. The molecule has 3 aliphatic rings. The molecule has 0 radical (unpaired) electrons. The van der Waals surface area contributed by atoms with Gasteiger partial charge in [0, 0.05) is 35.4 Å². The van der Waals surface area contributed by atoms with Crippen molar-refractivity contribution in [1.29, 1.82) is 0 Å². The van der Waals surface area contributed by atoms with Gasteiger partial charge in [0.05, 0.1) is 11.7 Å². The third kappa shape index (κ3) is 3.22. The number of fused-ring (bicyclic) bond motifs is 1. The molecule has 5 heteroatoms. The van der Waals surface area contributed by atoms with Gasteiger partial charge in [0.2, 0.25) is 0 Å². The summed E-state index contributed by atoms with van der Waals surface area (Å²) in [7, 11) is 0. The van der Waals surface area contributed by atoms with E-state index in [1.807, 2.05) is 24.0 Å². The Hall–Kier alpha value is -1.75. The van der Waals surface area contributed by atoms with Crippen LogP contribution in [0.5, 0.6) is 0 Å². The van der Waals surface area contributed by atoms with Crippen LogP contribution in [0.1, 0.15) is 86.2 Å². The molecule has 3 atom stereocenters. The molecule has 0 N–H and O–H groups in total. The van der Waals surface area contributed by atoms with Crippen LogP contribution < -0.4 is 0 Å². The number of aliphatic imine (C=N–C) groups is 1. The van der Waals surface area contributed by atoms with E-state index in [1.54, 1.807) is 0 Å². The van der Waals surface area contributed by atoms with Crippen molar-refractivity contribution in [2.75, 3.05) is 5.75 Å². The number of aryl methyl sites for hydroxylation is 1. The number of hydrogen-bond donors (Lipinski definition) is 0. The third-order valence-electron chi connectivity index (χ3n) is 7.11. The van der Waals surface area contributed by atoms with Gasteiger partial charge in [-0.3, -0.25) is 9.98 Å². The number of thioether (sulfide) groups is 1. The van der Waals surface area contributed by atoms with Gasteiger partial charge in [-0.25, -0.2) is 0 Å². The zero-order chi connectivity index (χ0) is 20.0. The first-order valence-electron chi connectivity index (χ1n) is 11.3. The van der Waals surface area contributed by atoms with Gasteiger partial charge in [0.25, 0.3) is 0 Å². The maximum absolute atomic E-state index is 5.20. The minimum Gasteiger partial charge on any atom is -0.346 e. The van der Waals surface area contributed by atoms with Crippen molar-refractivity contribution in [1.82, 2.24) is 14.5 Å². The Bertz CT molecular complexity index is 897. The lowest BCUT2D eigenvalue weighted by molar-refractivity contribution is 0.253. The van der Waals surface area contributed by atoms with Crippen LogP contribution in [0.2, 0.25) is 0 Å². The highest BCUT2D eigenvalue weighted by Crippen LogP contribution is 2.50. The Morgan fingerprint density at radius 2 is 1.97 bits per heavy atom. The van der Waals surface area contributed by atoms with Gasteiger partial charge in [0.15, 0.2) is 5.17 Å². The molecule has 1 saturated heterocycles. The average Bonchev–Trinajstić information content (AvgIpc) is 3.40. The van der Waals surface area contributed by atoms with Crippen LogP contribution in [0, 0.1) is 13.8 Å². The third-order valence-corrected chi connectivity index (χ3v) is 8.24. The summed E-state index contributed by atoms with van der Waals surface area (Å²) >= 11 is 1.93. The summed E-state index contributed by atoms with van der Waals surface area (Å²) in [6.07, 6.45) is 9.85. The Labute approximate surface area is 178 Å². The van der Waals surface area contributed by atoms with Crippen molar-refractivity contribution in [2.24, 2.45) is 4.99 Å². The number of pyridine rings is 1. The molecule has 1 aliphatic carbocycles. The normalized spacial score (nSPS) is 27.3. The van der Waals surface area contributed by atoms with Crippen LogP contribution in [-0.2, 0) is 0 Å². The summed E-state index contributed by atoms with van der Waals surface area (Å²) in [4.78, 5) is 12.5. The maximum Gasteiger partial charge on any atom is 0.160 e. The second-order valence-electron chi connectivity index (χ2n) is 8.82. The first-order valence-corrected chi connectivity index (χ1v) is 12.3. The van der Waals surface area contributed by atoms with Crippen molar-refractivity contribution >= 4 is 16.9 Å². The predicted octanol–water partition coefficient (Wildman–Crippen LogP) is 5.98. The first kappa shape index (κ1) is 19.2. The average molecular weight is 409 g/mol. The van der Waals surface area contributed by atoms with Gasteiger partial charge in [-0.2, -0.15) is 0 Å². The Morgan fingerprint density at radius 1 is 1.14 bits per heavy atom. The second-order valence-corrected chi connectivity index (χ2v) is 9.81. The molecule has 0 bridgehead atoms. The van der Waals surface area contributed by atoms with Crippen LogP contribution >= 0.6 is 11.8 Å². The maximum atomic E-state index is 5.20.